The predicted molar refractivity (Wildman–Crippen MR) is 46.4 cm³/mol. The molecule has 1 nitrogen and oxygen atoms in total. The molecule has 3 heteroatoms. The number of hydrogen-bond donors (Lipinski definition) is 0. The lowest BCUT2D eigenvalue weighted by molar-refractivity contribution is -0.116. The number of halogens is 2. The number of carbonyl (C=O) groups is 1. The molecule has 0 aromatic heterocycles. The van der Waals surface area contributed by atoms with Crippen molar-refractivity contribution in [3.63, 3.8) is 0 Å². The number of hydrogen-bond acceptors (Lipinski definition) is 1. The molecule has 0 aromatic carbocycles. The Balaban J connectivity index is 3.72. The summed E-state index contributed by atoms with van der Waals surface area (Å²) in [4.78, 5) is 10.9. The van der Waals surface area contributed by atoms with Crippen LogP contribution < -0.4 is 0 Å². The van der Waals surface area contributed by atoms with E-state index in [1.54, 1.807) is 0 Å². The van der Waals surface area contributed by atoms with Crippen molar-refractivity contribution in [1.82, 2.24) is 0 Å². The fourth-order valence-corrected chi connectivity index (χ4v) is 1.39. The molecule has 0 saturated carbocycles. The van der Waals surface area contributed by atoms with Crippen molar-refractivity contribution in [3.8, 4) is 0 Å². The monoisotopic (exact) mass is 256 g/mol. The standard InChI is InChI=1S/C6H10Br2O/c1-4(2)6(8)5(9)3-7/h4,6H,3H2,1-2H3. The molecule has 0 radical (unpaired) electrons. The Hall–Kier alpha value is 0.630. The average molecular weight is 258 g/mol. The summed E-state index contributed by atoms with van der Waals surface area (Å²) in [5, 5.41) is 0.446. The Labute approximate surface area is 72.5 Å². The van der Waals surface area contributed by atoms with Crippen molar-refractivity contribution >= 4 is 37.6 Å². The first-order chi connectivity index (χ1) is 4.09. The summed E-state index contributed by atoms with van der Waals surface area (Å²) in [5.74, 6) is 0.597. The summed E-state index contributed by atoms with van der Waals surface area (Å²) in [6, 6.07) is 0. The molecule has 0 bridgehead atoms. The van der Waals surface area contributed by atoms with Gasteiger partial charge in [0.1, 0.15) is 0 Å². The molecule has 0 aliphatic heterocycles. The van der Waals surface area contributed by atoms with E-state index in [1.165, 1.54) is 0 Å². The number of Topliss-reactive ketones (excluding diaryl/α,β-unsaturated/α-hetero) is 1. The third-order valence-electron chi connectivity index (χ3n) is 1.02. The maximum absolute atomic E-state index is 10.9. The normalized spacial score (nSPS) is 13.9. The SMILES string of the molecule is CC(C)C(Br)C(=O)CBr. The molecule has 0 N–H and O–H groups in total. The zero-order valence-corrected chi connectivity index (χ0v) is 8.70. The molecule has 0 aromatic rings. The van der Waals surface area contributed by atoms with E-state index in [-0.39, 0.29) is 10.6 Å². The van der Waals surface area contributed by atoms with Crippen molar-refractivity contribution in [2.45, 2.75) is 18.7 Å². The van der Waals surface area contributed by atoms with E-state index < -0.39 is 0 Å². The van der Waals surface area contributed by atoms with Gasteiger partial charge in [-0.3, -0.25) is 4.79 Å². The number of carbonyl (C=O) groups excluding carboxylic acids is 1. The van der Waals surface area contributed by atoms with Crippen molar-refractivity contribution in [2.24, 2.45) is 5.92 Å². The summed E-state index contributed by atoms with van der Waals surface area (Å²) in [7, 11) is 0. The van der Waals surface area contributed by atoms with E-state index in [0.717, 1.165) is 0 Å². The molecule has 0 aliphatic carbocycles. The van der Waals surface area contributed by atoms with Gasteiger partial charge >= 0.3 is 0 Å². The highest BCUT2D eigenvalue weighted by Crippen LogP contribution is 2.13. The van der Waals surface area contributed by atoms with Gasteiger partial charge in [-0.2, -0.15) is 0 Å². The molecule has 0 heterocycles. The summed E-state index contributed by atoms with van der Waals surface area (Å²) >= 11 is 6.39. The van der Waals surface area contributed by atoms with Crippen LogP contribution in [0.15, 0.2) is 0 Å². The molecule has 0 fully saturated rings. The summed E-state index contributed by atoms with van der Waals surface area (Å²) in [5.41, 5.74) is 0. The topological polar surface area (TPSA) is 17.1 Å². The van der Waals surface area contributed by atoms with Gasteiger partial charge in [-0.15, -0.1) is 0 Å². The van der Waals surface area contributed by atoms with Gasteiger partial charge in [0, 0.05) is 0 Å². The largest absolute Gasteiger partial charge is 0.297 e. The van der Waals surface area contributed by atoms with Crippen LogP contribution in [0.5, 0.6) is 0 Å². The third-order valence-corrected chi connectivity index (χ3v) is 3.15. The highest BCUT2D eigenvalue weighted by molar-refractivity contribution is 9.10. The van der Waals surface area contributed by atoms with E-state index in [4.69, 9.17) is 0 Å². The summed E-state index contributed by atoms with van der Waals surface area (Å²) in [6.45, 7) is 4.03. The lowest BCUT2D eigenvalue weighted by Gasteiger charge is -2.09. The Kier molecular flexibility index (Phi) is 4.76. The second-order valence-corrected chi connectivity index (χ2v) is 3.79. The van der Waals surface area contributed by atoms with Crippen LogP contribution in [0.2, 0.25) is 0 Å². The van der Waals surface area contributed by atoms with Gasteiger partial charge in [0.05, 0.1) is 10.2 Å². The maximum atomic E-state index is 10.9. The highest BCUT2D eigenvalue weighted by Gasteiger charge is 2.16. The van der Waals surface area contributed by atoms with E-state index >= 15 is 0 Å². The van der Waals surface area contributed by atoms with Gasteiger partial charge in [0.25, 0.3) is 0 Å². The lowest BCUT2D eigenvalue weighted by Crippen LogP contribution is -2.20. The van der Waals surface area contributed by atoms with Crippen molar-refractivity contribution < 1.29 is 4.79 Å². The first-order valence-electron chi connectivity index (χ1n) is 2.82. The van der Waals surface area contributed by atoms with Gasteiger partial charge in [0.15, 0.2) is 5.78 Å². The minimum Gasteiger partial charge on any atom is -0.297 e. The first kappa shape index (κ1) is 9.63. The molecule has 0 aliphatic rings. The van der Waals surface area contributed by atoms with Crippen LogP contribution in [-0.4, -0.2) is 15.9 Å². The molecule has 9 heavy (non-hydrogen) atoms. The van der Waals surface area contributed by atoms with Crippen LogP contribution >= 0.6 is 31.9 Å². The average Bonchev–Trinajstić information content (AvgIpc) is 1.84. The van der Waals surface area contributed by atoms with E-state index in [9.17, 15) is 4.79 Å². The zero-order valence-electron chi connectivity index (χ0n) is 5.53. The van der Waals surface area contributed by atoms with Crippen molar-refractivity contribution in [1.29, 1.82) is 0 Å². The molecule has 1 unspecified atom stereocenters. The number of ketones is 1. The van der Waals surface area contributed by atoms with Crippen LogP contribution in [-0.2, 0) is 4.79 Å². The third kappa shape index (κ3) is 3.36. The van der Waals surface area contributed by atoms with Gasteiger partial charge in [-0.25, -0.2) is 0 Å². The van der Waals surface area contributed by atoms with Gasteiger partial charge in [-0.05, 0) is 5.92 Å². The minimum absolute atomic E-state index is 0.0110. The number of rotatable bonds is 3. The first-order valence-corrected chi connectivity index (χ1v) is 4.86. The minimum atomic E-state index is 0.0110. The molecule has 0 rings (SSSR count). The zero-order chi connectivity index (χ0) is 7.44. The molecule has 1 atom stereocenters. The molecule has 0 spiro atoms. The quantitative estimate of drug-likeness (QED) is 0.710. The Morgan fingerprint density at radius 2 is 2.00 bits per heavy atom. The van der Waals surface area contributed by atoms with Crippen LogP contribution in [0.1, 0.15) is 13.8 Å². The fourth-order valence-electron chi connectivity index (χ4n) is 0.445. The highest BCUT2D eigenvalue weighted by atomic mass is 79.9. The molecule has 0 amide bonds. The Morgan fingerprint density at radius 1 is 1.56 bits per heavy atom. The van der Waals surface area contributed by atoms with Gasteiger partial charge in [-0.1, -0.05) is 45.7 Å². The Morgan fingerprint density at radius 3 is 2.11 bits per heavy atom. The van der Waals surface area contributed by atoms with E-state index in [0.29, 0.717) is 11.2 Å². The lowest BCUT2D eigenvalue weighted by atomic mass is 10.1. The van der Waals surface area contributed by atoms with Crippen molar-refractivity contribution in [2.75, 3.05) is 5.33 Å². The van der Waals surface area contributed by atoms with Crippen molar-refractivity contribution in [3.05, 3.63) is 0 Å². The smallest absolute Gasteiger partial charge is 0.157 e. The predicted octanol–water partition coefficient (Wildman–Crippen LogP) is 2.37. The van der Waals surface area contributed by atoms with E-state index in [2.05, 4.69) is 31.9 Å². The maximum Gasteiger partial charge on any atom is 0.157 e. The molecular formula is C6H10Br2O. The molecule has 54 valence electrons. The second kappa shape index (κ2) is 4.45. The van der Waals surface area contributed by atoms with Crippen LogP contribution in [0, 0.1) is 5.92 Å². The summed E-state index contributed by atoms with van der Waals surface area (Å²) < 4.78 is 0. The summed E-state index contributed by atoms with van der Waals surface area (Å²) in [6.07, 6.45) is 0. The van der Waals surface area contributed by atoms with Crippen LogP contribution in [0.4, 0.5) is 0 Å². The van der Waals surface area contributed by atoms with E-state index in [1.807, 2.05) is 13.8 Å². The molecular weight excluding hydrogens is 248 g/mol. The fraction of sp³-hybridized carbons (Fsp3) is 0.833. The Bertz CT molecular complexity index is 101. The number of alkyl halides is 2. The molecule has 0 saturated heterocycles. The van der Waals surface area contributed by atoms with Gasteiger partial charge in [0.2, 0.25) is 0 Å². The van der Waals surface area contributed by atoms with Gasteiger partial charge < -0.3 is 0 Å². The second-order valence-electron chi connectivity index (χ2n) is 2.25. The van der Waals surface area contributed by atoms with Crippen LogP contribution in [0.3, 0.4) is 0 Å². The van der Waals surface area contributed by atoms with Crippen LogP contribution in [0.25, 0.3) is 0 Å².